The quantitative estimate of drug-likeness (QED) is 0.883. The number of benzene rings is 1. The molecule has 0 amide bonds. The predicted molar refractivity (Wildman–Crippen MR) is 80.8 cm³/mol. The van der Waals surface area contributed by atoms with Crippen LogP contribution < -0.4 is 10.2 Å². The summed E-state index contributed by atoms with van der Waals surface area (Å²) in [5.74, 6) is 0. The molecule has 0 bridgehead atoms. The molecule has 1 fully saturated rings. The zero-order chi connectivity index (χ0) is 13.7. The Bertz CT molecular complexity index is 406. The van der Waals surface area contributed by atoms with Gasteiger partial charge in [-0.05, 0) is 49.6 Å². The first-order valence-corrected chi connectivity index (χ1v) is 7.32. The van der Waals surface area contributed by atoms with Crippen LogP contribution in [0.25, 0.3) is 0 Å². The summed E-state index contributed by atoms with van der Waals surface area (Å²) in [4.78, 5) is 2.45. The van der Waals surface area contributed by atoms with Crippen molar-refractivity contribution in [2.45, 2.75) is 39.3 Å². The van der Waals surface area contributed by atoms with Crippen molar-refractivity contribution in [1.82, 2.24) is 5.32 Å². The summed E-state index contributed by atoms with van der Waals surface area (Å²) in [5.41, 5.74) is 4.10. The van der Waals surface area contributed by atoms with E-state index in [-0.39, 0.29) is 0 Å². The number of methoxy groups -OCH3 is 1. The molecule has 3 nitrogen and oxygen atoms in total. The summed E-state index contributed by atoms with van der Waals surface area (Å²) in [6.07, 6.45) is 2.79. The van der Waals surface area contributed by atoms with Crippen LogP contribution in [0.3, 0.4) is 0 Å². The second-order valence-electron chi connectivity index (χ2n) is 5.34. The molecule has 1 aliphatic rings. The van der Waals surface area contributed by atoms with Crippen LogP contribution in [0.5, 0.6) is 0 Å². The summed E-state index contributed by atoms with van der Waals surface area (Å²) in [7, 11) is 1.82. The number of nitrogens with one attached hydrogen (secondary N) is 1. The van der Waals surface area contributed by atoms with Crippen LogP contribution in [0.15, 0.2) is 18.2 Å². The maximum absolute atomic E-state index is 5.50. The van der Waals surface area contributed by atoms with E-state index in [4.69, 9.17) is 4.74 Å². The molecular formula is C16H26N2O. The molecule has 0 aromatic heterocycles. The Morgan fingerprint density at radius 3 is 2.95 bits per heavy atom. The van der Waals surface area contributed by atoms with Gasteiger partial charge in [0.25, 0.3) is 0 Å². The monoisotopic (exact) mass is 262 g/mol. The number of nitrogens with zero attached hydrogens (tertiary/aromatic N) is 1. The number of hydrogen-bond acceptors (Lipinski definition) is 3. The smallest absolute Gasteiger partial charge is 0.0746 e. The molecule has 1 N–H and O–H groups in total. The lowest BCUT2D eigenvalue weighted by Crippen LogP contribution is -2.39. The highest BCUT2D eigenvalue weighted by molar-refractivity contribution is 5.51. The van der Waals surface area contributed by atoms with Crippen LogP contribution in [-0.4, -0.2) is 32.8 Å². The number of anilines is 1. The van der Waals surface area contributed by atoms with Gasteiger partial charge in [0.1, 0.15) is 0 Å². The van der Waals surface area contributed by atoms with Crippen LogP contribution in [0.2, 0.25) is 0 Å². The molecule has 0 saturated carbocycles. The van der Waals surface area contributed by atoms with E-state index in [1.807, 2.05) is 7.11 Å². The van der Waals surface area contributed by atoms with E-state index >= 15 is 0 Å². The third-order valence-corrected chi connectivity index (χ3v) is 3.97. The van der Waals surface area contributed by atoms with Gasteiger partial charge in [-0.25, -0.2) is 0 Å². The average Bonchev–Trinajstić information content (AvgIpc) is 2.46. The lowest BCUT2D eigenvalue weighted by atomic mass is 10.0. The van der Waals surface area contributed by atoms with E-state index in [0.29, 0.717) is 6.10 Å². The summed E-state index contributed by atoms with van der Waals surface area (Å²) in [6, 6.07) is 6.81. The minimum Gasteiger partial charge on any atom is -0.380 e. The van der Waals surface area contributed by atoms with Crippen molar-refractivity contribution in [3.05, 3.63) is 29.3 Å². The lowest BCUT2D eigenvalue weighted by molar-refractivity contribution is 0.0893. The molecular weight excluding hydrogens is 236 g/mol. The summed E-state index contributed by atoms with van der Waals surface area (Å²) in [6.45, 7) is 8.48. The van der Waals surface area contributed by atoms with Crippen LogP contribution in [-0.2, 0) is 11.3 Å². The predicted octanol–water partition coefficient (Wildman–Crippen LogP) is 2.72. The van der Waals surface area contributed by atoms with Crippen LogP contribution in [0.4, 0.5) is 5.69 Å². The Hall–Kier alpha value is -1.06. The largest absolute Gasteiger partial charge is 0.380 e. The summed E-state index contributed by atoms with van der Waals surface area (Å²) >= 11 is 0. The molecule has 19 heavy (non-hydrogen) atoms. The van der Waals surface area contributed by atoms with Crippen molar-refractivity contribution in [2.24, 2.45) is 0 Å². The lowest BCUT2D eigenvalue weighted by Gasteiger charge is -2.34. The van der Waals surface area contributed by atoms with Crippen molar-refractivity contribution in [3.8, 4) is 0 Å². The molecule has 1 aromatic rings. The van der Waals surface area contributed by atoms with Crippen LogP contribution in [0.1, 0.15) is 30.9 Å². The third-order valence-electron chi connectivity index (χ3n) is 3.97. The Kier molecular flexibility index (Phi) is 5.23. The Morgan fingerprint density at radius 2 is 2.26 bits per heavy atom. The maximum Gasteiger partial charge on any atom is 0.0746 e. The van der Waals surface area contributed by atoms with Gasteiger partial charge in [-0.15, -0.1) is 0 Å². The van der Waals surface area contributed by atoms with E-state index in [1.54, 1.807) is 0 Å². The minimum atomic E-state index is 0.385. The Labute approximate surface area is 116 Å². The second kappa shape index (κ2) is 6.92. The van der Waals surface area contributed by atoms with E-state index in [0.717, 1.165) is 26.2 Å². The molecule has 0 aliphatic carbocycles. The highest BCUT2D eigenvalue weighted by Crippen LogP contribution is 2.23. The van der Waals surface area contributed by atoms with E-state index in [1.165, 1.54) is 29.7 Å². The van der Waals surface area contributed by atoms with Crippen molar-refractivity contribution in [1.29, 1.82) is 0 Å². The van der Waals surface area contributed by atoms with Gasteiger partial charge >= 0.3 is 0 Å². The number of piperidine rings is 1. The Morgan fingerprint density at radius 1 is 1.42 bits per heavy atom. The highest BCUT2D eigenvalue weighted by atomic mass is 16.5. The van der Waals surface area contributed by atoms with Gasteiger partial charge in [0, 0.05) is 32.4 Å². The summed E-state index contributed by atoms with van der Waals surface area (Å²) < 4.78 is 5.50. The normalized spacial score (nSPS) is 19.7. The standard InChI is InChI=1S/C16H26N2O/c1-4-17-11-14-7-8-15(10-13(14)2)18-9-5-6-16(12-18)19-3/h7-8,10,16-17H,4-6,9,11-12H2,1-3H3. The molecule has 1 saturated heterocycles. The Balaban J connectivity index is 2.06. The maximum atomic E-state index is 5.50. The third kappa shape index (κ3) is 3.71. The highest BCUT2D eigenvalue weighted by Gasteiger charge is 2.19. The van der Waals surface area contributed by atoms with E-state index in [2.05, 4.69) is 42.3 Å². The fraction of sp³-hybridized carbons (Fsp3) is 0.625. The van der Waals surface area contributed by atoms with Gasteiger partial charge in [-0.3, -0.25) is 0 Å². The molecule has 1 atom stereocenters. The fourth-order valence-electron chi connectivity index (χ4n) is 2.70. The first-order valence-electron chi connectivity index (χ1n) is 7.32. The van der Waals surface area contributed by atoms with Crippen molar-refractivity contribution in [2.75, 3.05) is 31.6 Å². The van der Waals surface area contributed by atoms with Crippen molar-refractivity contribution < 1.29 is 4.74 Å². The molecule has 1 unspecified atom stereocenters. The van der Waals surface area contributed by atoms with Crippen molar-refractivity contribution in [3.63, 3.8) is 0 Å². The minimum absolute atomic E-state index is 0.385. The van der Waals surface area contributed by atoms with Crippen LogP contribution >= 0.6 is 0 Å². The summed E-state index contributed by atoms with van der Waals surface area (Å²) in [5, 5.41) is 3.39. The second-order valence-corrected chi connectivity index (χ2v) is 5.34. The van der Waals surface area contributed by atoms with Crippen LogP contribution in [0, 0.1) is 6.92 Å². The average molecular weight is 262 g/mol. The molecule has 2 rings (SSSR count). The van der Waals surface area contributed by atoms with E-state index in [9.17, 15) is 0 Å². The molecule has 1 aromatic carbocycles. The molecule has 106 valence electrons. The van der Waals surface area contributed by atoms with Gasteiger partial charge in [0.15, 0.2) is 0 Å². The molecule has 1 heterocycles. The van der Waals surface area contributed by atoms with Gasteiger partial charge in [-0.2, -0.15) is 0 Å². The molecule has 0 radical (unpaired) electrons. The zero-order valence-electron chi connectivity index (χ0n) is 12.4. The van der Waals surface area contributed by atoms with Gasteiger partial charge in [0.2, 0.25) is 0 Å². The molecule has 0 spiro atoms. The molecule has 3 heteroatoms. The SMILES string of the molecule is CCNCc1ccc(N2CCCC(OC)C2)cc1C. The fourth-order valence-corrected chi connectivity index (χ4v) is 2.70. The first-order chi connectivity index (χ1) is 9.24. The first kappa shape index (κ1) is 14.4. The number of ether oxygens (including phenoxy) is 1. The molecule has 1 aliphatic heterocycles. The number of aryl methyl sites for hydroxylation is 1. The van der Waals surface area contributed by atoms with Gasteiger partial charge < -0.3 is 15.0 Å². The van der Waals surface area contributed by atoms with E-state index < -0.39 is 0 Å². The zero-order valence-corrected chi connectivity index (χ0v) is 12.4. The number of rotatable bonds is 5. The van der Waals surface area contributed by atoms with Gasteiger partial charge in [0.05, 0.1) is 6.10 Å². The van der Waals surface area contributed by atoms with Gasteiger partial charge in [-0.1, -0.05) is 13.0 Å². The topological polar surface area (TPSA) is 24.5 Å². The van der Waals surface area contributed by atoms with Crippen molar-refractivity contribution >= 4 is 5.69 Å². The number of hydrogen-bond donors (Lipinski definition) is 1.